The number of aliphatic hydroxyl groups is 4. The molecule has 0 amide bonds. The number of hydrogen-bond donors (Lipinski definition) is 7. The SMILES string of the molecule is NC(CC(=O)O)C(=O)O.O=C1O[C@H](C(O)CO)C(O)=C1O. The Hall–Kier alpha value is -2.37. The highest BCUT2D eigenvalue weighted by Crippen LogP contribution is 2.20. The van der Waals surface area contributed by atoms with E-state index in [0.717, 1.165) is 0 Å². The topological polar surface area (TPSA) is 208 Å². The van der Waals surface area contributed by atoms with Crippen LogP contribution < -0.4 is 5.73 Å². The van der Waals surface area contributed by atoms with Crippen LogP contribution in [0.2, 0.25) is 0 Å². The maximum Gasteiger partial charge on any atom is 0.377 e. The van der Waals surface area contributed by atoms with Crippen LogP contribution >= 0.6 is 0 Å². The molecule has 8 N–H and O–H groups in total. The molecule has 11 heteroatoms. The van der Waals surface area contributed by atoms with E-state index in [9.17, 15) is 14.4 Å². The third kappa shape index (κ3) is 5.64. The summed E-state index contributed by atoms with van der Waals surface area (Å²) in [5.74, 6) is -5.28. The van der Waals surface area contributed by atoms with Crippen molar-refractivity contribution in [1.82, 2.24) is 0 Å². The minimum Gasteiger partial charge on any atom is -0.505 e. The Morgan fingerprint density at radius 2 is 1.81 bits per heavy atom. The van der Waals surface area contributed by atoms with E-state index in [0.29, 0.717) is 0 Å². The smallest absolute Gasteiger partial charge is 0.377 e. The molecule has 0 aliphatic carbocycles. The highest BCUT2D eigenvalue weighted by Gasteiger charge is 2.38. The molecule has 0 bridgehead atoms. The maximum atomic E-state index is 10.5. The summed E-state index contributed by atoms with van der Waals surface area (Å²) in [5, 5.41) is 51.1. The molecule has 1 heterocycles. The van der Waals surface area contributed by atoms with Crippen LogP contribution in [0.15, 0.2) is 11.5 Å². The molecule has 120 valence electrons. The lowest BCUT2D eigenvalue weighted by atomic mass is 10.2. The average Bonchev–Trinajstić information content (AvgIpc) is 2.65. The maximum absolute atomic E-state index is 10.5. The van der Waals surface area contributed by atoms with Crippen LogP contribution in [0.25, 0.3) is 0 Å². The lowest BCUT2D eigenvalue weighted by Gasteiger charge is -2.13. The highest BCUT2D eigenvalue weighted by atomic mass is 16.6. The van der Waals surface area contributed by atoms with Gasteiger partial charge in [-0.05, 0) is 0 Å². The molecule has 0 aromatic heterocycles. The fourth-order valence-electron chi connectivity index (χ4n) is 1.10. The Morgan fingerprint density at radius 3 is 2.05 bits per heavy atom. The Labute approximate surface area is 117 Å². The number of hydrogen-bond acceptors (Lipinski definition) is 9. The van der Waals surface area contributed by atoms with Gasteiger partial charge in [-0.1, -0.05) is 0 Å². The van der Waals surface area contributed by atoms with Crippen molar-refractivity contribution in [2.45, 2.75) is 24.7 Å². The summed E-state index contributed by atoms with van der Waals surface area (Å²) in [6, 6.07) is -1.29. The second-order valence-corrected chi connectivity index (χ2v) is 3.85. The minimum absolute atomic E-state index is 0.532. The van der Waals surface area contributed by atoms with Gasteiger partial charge in [0.05, 0.1) is 13.0 Å². The van der Waals surface area contributed by atoms with Crippen LogP contribution in [-0.2, 0) is 19.1 Å². The van der Waals surface area contributed by atoms with E-state index in [-0.39, 0.29) is 0 Å². The van der Waals surface area contributed by atoms with Crippen LogP contribution in [0.3, 0.4) is 0 Å². The second-order valence-electron chi connectivity index (χ2n) is 3.85. The molecular formula is C10H15NO10. The summed E-state index contributed by atoms with van der Waals surface area (Å²) < 4.78 is 4.32. The molecule has 0 radical (unpaired) electrons. The van der Waals surface area contributed by atoms with Gasteiger partial charge >= 0.3 is 17.9 Å². The number of carboxylic acid groups (broad SMARTS) is 2. The quantitative estimate of drug-likeness (QED) is 0.263. The van der Waals surface area contributed by atoms with Crippen LogP contribution in [0.1, 0.15) is 6.42 Å². The monoisotopic (exact) mass is 309 g/mol. The predicted molar refractivity (Wildman–Crippen MR) is 63.1 cm³/mol. The number of carbonyl (C=O) groups excluding carboxylic acids is 1. The fraction of sp³-hybridized carbons (Fsp3) is 0.500. The number of esters is 1. The van der Waals surface area contributed by atoms with Crippen molar-refractivity contribution in [3.05, 3.63) is 11.5 Å². The van der Waals surface area contributed by atoms with E-state index in [1.807, 2.05) is 0 Å². The standard InChI is InChI=1S/C6H8O6.C4H7NO4/c7-1-2(8)5-3(9)4(10)6(11)12-5;5-2(4(8)9)1-3(6)7/h2,5,7-10H,1H2;2H,1,5H2,(H,6,7)(H,8,9)/t2?,5-;/m1./s1. The second kappa shape index (κ2) is 8.04. The molecule has 11 nitrogen and oxygen atoms in total. The molecule has 1 aliphatic heterocycles. The van der Waals surface area contributed by atoms with E-state index < -0.39 is 60.7 Å². The first-order valence-corrected chi connectivity index (χ1v) is 5.44. The molecule has 0 aromatic carbocycles. The molecule has 0 fully saturated rings. The molecule has 2 unspecified atom stereocenters. The summed E-state index contributed by atoms with van der Waals surface area (Å²) in [6.45, 7) is -0.671. The molecule has 3 atom stereocenters. The first-order valence-electron chi connectivity index (χ1n) is 5.44. The Kier molecular flexibility index (Phi) is 7.13. The lowest BCUT2D eigenvalue weighted by molar-refractivity contribution is -0.147. The van der Waals surface area contributed by atoms with Gasteiger partial charge in [0, 0.05) is 0 Å². The molecule has 21 heavy (non-hydrogen) atoms. The largest absolute Gasteiger partial charge is 0.505 e. The van der Waals surface area contributed by atoms with Gasteiger partial charge in [-0.25, -0.2) is 4.79 Å². The minimum atomic E-state index is -1.42. The van der Waals surface area contributed by atoms with Gasteiger partial charge in [0.25, 0.3) is 0 Å². The highest BCUT2D eigenvalue weighted by molar-refractivity contribution is 5.89. The van der Waals surface area contributed by atoms with Crippen molar-refractivity contribution in [3.63, 3.8) is 0 Å². The van der Waals surface area contributed by atoms with Crippen molar-refractivity contribution in [3.8, 4) is 0 Å². The first-order chi connectivity index (χ1) is 9.61. The third-order valence-electron chi connectivity index (χ3n) is 2.19. The van der Waals surface area contributed by atoms with Crippen LogP contribution in [0.4, 0.5) is 0 Å². The number of aliphatic carboxylic acids is 2. The van der Waals surface area contributed by atoms with Crippen LogP contribution in [0, 0.1) is 0 Å². The Morgan fingerprint density at radius 1 is 1.29 bits per heavy atom. The van der Waals surface area contributed by atoms with Crippen molar-refractivity contribution in [1.29, 1.82) is 0 Å². The molecule has 0 aromatic rings. The third-order valence-corrected chi connectivity index (χ3v) is 2.19. The molecule has 0 saturated carbocycles. The van der Waals surface area contributed by atoms with E-state index >= 15 is 0 Å². The zero-order valence-corrected chi connectivity index (χ0v) is 10.5. The number of cyclic esters (lactones) is 1. The molecule has 0 spiro atoms. The molecule has 0 saturated heterocycles. The van der Waals surface area contributed by atoms with Crippen molar-refractivity contribution >= 4 is 17.9 Å². The van der Waals surface area contributed by atoms with Gasteiger partial charge in [0.1, 0.15) is 12.1 Å². The van der Waals surface area contributed by atoms with Gasteiger partial charge < -0.3 is 41.1 Å². The first kappa shape index (κ1) is 18.6. The number of aliphatic hydroxyl groups excluding tert-OH is 4. The zero-order valence-electron chi connectivity index (χ0n) is 10.5. The van der Waals surface area contributed by atoms with E-state index in [1.54, 1.807) is 0 Å². The Bertz CT molecular complexity index is 445. The van der Waals surface area contributed by atoms with Crippen LogP contribution in [0.5, 0.6) is 0 Å². The lowest BCUT2D eigenvalue weighted by Crippen LogP contribution is -2.32. The normalized spacial score (nSPS) is 20.1. The van der Waals surface area contributed by atoms with Crippen LogP contribution in [-0.4, -0.2) is 73.4 Å². The van der Waals surface area contributed by atoms with E-state index in [2.05, 4.69) is 4.74 Å². The molecule has 1 rings (SSSR count). The summed E-state index contributed by atoms with van der Waals surface area (Å²) in [4.78, 5) is 30.1. The van der Waals surface area contributed by atoms with Gasteiger partial charge in [-0.15, -0.1) is 0 Å². The van der Waals surface area contributed by atoms with Gasteiger partial charge in [-0.2, -0.15) is 0 Å². The van der Waals surface area contributed by atoms with Gasteiger partial charge in [0.2, 0.25) is 5.76 Å². The van der Waals surface area contributed by atoms with Gasteiger partial charge in [0.15, 0.2) is 11.9 Å². The number of ether oxygens (including phenoxy) is 1. The number of nitrogens with two attached hydrogens (primary N) is 1. The average molecular weight is 309 g/mol. The summed E-state index contributed by atoms with van der Waals surface area (Å²) >= 11 is 0. The van der Waals surface area contributed by atoms with Crippen molar-refractivity contribution in [2.24, 2.45) is 5.73 Å². The number of rotatable bonds is 5. The molecular weight excluding hydrogens is 294 g/mol. The zero-order chi connectivity index (χ0) is 16.7. The predicted octanol–water partition coefficient (Wildman–Crippen LogP) is -2.53. The number of carbonyl (C=O) groups is 3. The Balaban J connectivity index is 0.000000400. The van der Waals surface area contributed by atoms with E-state index in [1.165, 1.54) is 0 Å². The van der Waals surface area contributed by atoms with Gasteiger partial charge in [-0.3, -0.25) is 9.59 Å². The summed E-state index contributed by atoms with van der Waals surface area (Å²) in [5.41, 5.74) is 4.84. The van der Waals surface area contributed by atoms with Crippen molar-refractivity contribution in [2.75, 3.05) is 6.61 Å². The molecule has 1 aliphatic rings. The fourth-order valence-corrected chi connectivity index (χ4v) is 1.10. The summed E-state index contributed by atoms with van der Waals surface area (Å²) in [7, 11) is 0. The number of carboxylic acids is 2. The van der Waals surface area contributed by atoms with E-state index in [4.69, 9.17) is 36.4 Å². The summed E-state index contributed by atoms with van der Waals surface area (Å²) in [6.07, 6.45) is -3.31. The van der Waals surface area contributed by atoms with Crippen molar-refractivity contribution < 1.29 is 49.8 Å².